The molecular formula is C29H21F2N5O. The van der Waals surface area contributed by atoms with Gasteiger partial charge in [0, 0.05) is 48.1 Å². The zero-order valence-corrected chi connectivity index (χ0v) is 19.7. The summed E-state index contributed by atoms with van der Waals surface area (Å²) >= 11 is 0. The zero-order valence-electron chi connectivity index (χ0n) is 19.7. The van der Waals surface area contributed by atoms with Crippen molar-refractivity contribution in [1.82, 2.24) is 24.8 Å². The molecule has 1 amide bonds. The molecule has 5 aromatic rings. The number of benzene rings is 3. The molecule has 0 aliphatic carbocycles. The first-order valence-electron chi connectivity index (χ1n) is 11.9. The minimum absolute atomic E-state index is 0.0897. The van der Waals surface area contributed by atoms with Crippen molar-refractivity contribution in [2.75, 3.05) is 13.1 Å². The van der Waals surface area contributed by atoms with Gasteiger partial charge in [-0.2, -0.15) is 0 Å². The van der Waals surface area contributed by atoms with E-state index in [9.17, 15) is 13.6 Å². The van der Waals surface area contributed by atoms with E-state index in [2.05, 4.69) is 9.97 Å². The van der Waals surface area contributed by atoms with Crippen LogP contribution < -0.4 is 0 Å². The van der Waals surface area contributed by atoms with Crippen molar-refractivity contribution < 1.29 is 13.6 Å². The molecule has 6 rings (SSSR count). The van der Waals surface area contributed by atoms with Gasteiger partial charge in [0.05, 0.1) is 22.4 Å². The summed E-state index contributed by atoms with van der Waals surface area (Å²) in [5, 5.41) is 0. The van der Waals surface area contributed by atoms with E-state index in [-0.39, 0.29) is 23.5 Å². The van der Waals surface area contributed by atoms with Gasteiger partial charge in [-0.3, -0.25) is 4.79 Å². The summed E-state index contributed by atoms with van der Waals surface area (Å²) in [7, 11) is 0. The van der Waals surface area contributed by atoms with E-state index in [4.69, 9.17) is 9.97 Å². The highest BCUT2D eigenvalue weighted by molar-refractivity contribution is 5.98. The van der Waals surface area contributed by atoms with Gasteiger partial charge >= 0.3 is 0 Å². The summed E-state index contributed by atoms with van der Waals surface area (Å²) < 4.78 is 27.2. The lowest BCUT2D eigenvalue weighted by Gasteiger charge is -2.17. The molecule has 6 nitrogen and oxygen atoms in total. The number of hydrogen-bond donors (Lipinski definition) is 0. The number of carbonyl (C=O) groups excluding carboxylic acids is 1. The third kappa shape index (κ3) is 4.53. The summed E-state index contributed by atoms with van der Waals surface area (Å²) in [6, 6.07) is 19.0. The number of nitrogens with zero attached hydrogens (tertiary/aromatic N) is 5. The summed E-state index contributed by atoms with van der Waals surface area (Å²) in [5.74, 6) is 0.0479. The van der Waals surface area contributed by atoms with Crippen molar-refractivity contribution in [3.05, 3.63) is 108 Å². The quantitative estimate of drug-likeness (QED) is 0.323. The van der Waals surface area contributed by atoms with E-state index >= 15 is 0 Å². The largest absolute Gasteiger partial charge is 0.338 e. The number of hydrogen-bond acceptors (Lipinski definition) is 5. The summed E-state index contributed by atoms with van der Waals surface area (Å²) in [6.45, 7) is 1.17. The van der Waals surface area contributed by atoms with Crippen molar-refractivity contribution in [3.63, 3.8) is 0 Å². The van der Waals surface area contributed by atoms with Gasteiger partial charge in [-0.25, -0.2) is 28.7 Å². The Morgan fingerprint density at radius 2 is 1.38 bits per heavy atom. The molecular weight excluding hydrogens is 472 g/mol. The second kappa shape index (κ2) is 9.46. The zero-order chi connectivity index (χ0) is 25.4. The van der Waals surface area contributed by atoms with Gasteiger partial charge in [-0.05, 0) is 79.2 Å². The number of halogens is 2. The Morgan fingerprint density at radius 1 is 0.784 bits per heavy atom. The van der Waals surface area contributed by atoms with Crippen LogP contribution in [0, 0.1) is 11.6 Å². The predicted molar refractivity (Wildman–Crippen MR) is 136 cm³/mol. The Kier molecular flexibility index (Phi) is 5.84. The molecule has 3 heterocycles. The van der Waals surface area contributed by atoms with Gasteiger partial charge < -0.3 is 4.90 Å². The lowest BCUT2D eigenvalue weighted by atomic mass is 10.0. The summed E-state index contributed by atoms with van der Waals surface area (Å²) in [5.41, 5.74) is 4.06. The Hall–Kier alpha value is -4.59. The third-order valence-corrected chi connectivity index (χ3v) is 6.57. The minimum atomic E-state index is -0.362. The first-order chi connectivity index (χ1) is 18.0. The maximum Gasteiger partial charge on any atom is 0.253 e. The van der Waals surface area contributed by atoms with Gasteiger partial charge in [0.25, 0.3) is 5.91 Å². The van der Waals surface area contributed by atoms with Crippen molar-refractivity contribution in [2.24, 2.45) is 0 Å². The fraction of sp³-hybridized carbons (Fsp3) is 0.138. The van der Waals surface area contributed by atoms with E-state index in [0.29, 0.717) is 52.2 Å². The molecule has 1 fully saturated rings. The van der Waals surface area contributed by atoms with Crippen LogP contribution >= 0.6 is 0 Å². The molecule has 182 valence electrons. The van der Waals surface area contributed by atoms with Crippen LogP contribution in [0.2, 0.25) is 0 Å². The standard InChI is InChI=1S/C29H21F2N5O/c30-22-7-2-18(3-8-22)26-27(19-4-9-23(31)10-5-19)35-25-16-20(6-11-24(25)34-26)29(37)36-15-12-21(17-36)28-32-13-1-14-33-28/h1-11,13-14,16,21H,12,15,17H2. The molecule has 1 atom stereocenters. The topological polar surface area (TPSA) is 71.9 Å². The monoisotopic (exact) mass is 493 g/mol. The van der Waals surface area contributed by atoms with Gasteiger partial charge in [0.15, 0.2) is 0 Å². The van der Waals surface area contributed by atoms with Crippen molar-refractivity contribution in [1.29, 1.82) is 0 Å². The molecule has 1 saturated heterocycles. The first kappa shape index (κ1) is 22.8. The van der Waals surface area contributed by atoms with Crippen LogP contribution in [0.4, 0.5) is 8.78 Å². The predicted octanol–water partition coefficient (Wildman–Crippen LogP) is 5.66. The number of amides is 1. The van der Waals surface area contributed by atoms with Crippen LogP contribution in [0.1, 0.15) is 28.5 Å². The molecule has 2 aromatic heterocycles. The first-order valence-corrected chi connectivity index (χ1v) is 11.9. The normalized spacial score (nSPS) is 15.3. The molecule has 1 aliphatic rings. The number of carbonyl (C=O) groups is 1. The number of fused-ring (bicyclic) bond motifs is 1. The molecule has 0 bridgehead atoms. The van der Waals surface area contributed by atoms with E-state index in [1.165, 1.54) is 24.3 Å². The van der Waals surface area contributed by atoms with Crippen molar-refractivity contribution in [3.8, 4) is 22.5 Å². The minimum Gasteiger partial charge on any atom is -0.338 e. The second-order valence-electron chi connectivity index (χ2n) is 8.98. The summed E-state index contributed by atoms with van der Waals surface area (Å²) in [4.78, 5) is 33.5. The SMILES string of the molecule is O=C(c1ccc2nc(-c3ccc(F)cc3)c(-c3ccc(F)cc3)nc2c1)N1CCC(c2ncccn2)C1. The van der Waals surface area contributed by atoms with Crippen LogP contribution in [-0.2, 0) is 0 Å². The van der Waals surface area contributed by atoms with Crippen molar-refractivity contribution >= 4 is 16.9 Å². The van der Waals surface area contributed by atoms with Crippen LogP contribution in [0.15, 0.2) is 85.2 Å². The van der Waals surface area contributed by atoms with E-state index in [0.717, 1.165) is 12.2 Å². The van der Waals surface area contributed by atoms with Gasteiger partial charge in [0.2, 0.25) is 0 Å². The van der Waals surface area contributed by atoms with Gasteiger partial charge in [0.1, 0.15) is 17.5 Å². The van der Waals surface area contributed by atoms with Crippen LogP contribution in [0.3, 0.4) is 0 Å². The Labute approximate surface area is 211 Å². The molecule has 37 heavy (non-hydrogen) atoms. The average molecular weight is 494 g/mol. The lowest BCUT2D eigenvalue weighted by molar-refractivity contribution is 0.0790. The number of likely N-dealkylation sites (tertiary alicyclic amines) is 1. The van der Waals surface area contributed by atoms with Crippen LogP contribution in [0.25, 0.3) is 33.5 Å². The maximum absolute atomic E-state index is 13.6. The number of rotatable bonds is 4. The van der Waals surface area contributed by atoms with Crippen LogP contribution in [0.5, 0.6) is 0 Å². The molecule has 0 radical (unpaired) electrons. The van der Waals surface area contributed by atoms with Crippen LogP contribution in [-0.4, -0.2) is 43.8 Å². The highest BCUT2D eigenvalue weighted by Crippen LogP contribution is 2.32. The maximum atomic E-state index is 13.6. The van der Waals surface area contributed by atoms with E-state index in [1.54, 1.807) is 60.9 Å². The highest BCUT2D eigenvalue weighted by Gasteiger charge is 2.29. The smallest absolute Gasteiger partial charge is 0.253 e. The second-order valence-corrected chi connectivity index (χ2v) is 8.98. The fourth-order valence-electron chi connectivity index (χ4n) is 4.66. The molecule has 1 aliphatic heterocycles. The fourth-order valence-corrected chi connectivity index (χ4v) is 4.66. The highest BCUT2D eigenvalue weighted by atomic mass is 19.1. The third-order valence-electron chi connectivity index (χ3n) is 6.57. The Balaban J connectivity index is 1.37. The molecule has 0 N–H and O–H groups in total. The van der Waals surface area contributed by atoms with E-state index in [1.807, 2.05) is 4.90 Å². The summed E-state index contributed by atoms with van der Waals surface area (Å²) in [6.07, 6.45) is 4.24. The molecule has 1 unspecified atom stereocenters. The Bertz CT molecular complexity index is 1590. The lowest BCUT2D eigenvalue weighted by Crippen LogP contribution is -2.28. The molecule has 3 aromatic carbocycles. The average Bonchev–Trinajstić information content (AvgIpc) is 3.44. The number of aromatic nitrogens is 4. The molecule has 0 saturated carbocycles. The van der Waals surface area contributed by atoms with Gasteiger partial charge in [-0.15, -0.1) is 0 Å². The van der Waals surface area contributed by atoms with Gasteiger partial charge in [-0.1, -0.05) is 0 Å². The van der Waals surface area contributed by atoms with E-state index < -0.39 is 0 Å². The Morgan fingerprint density at radius 3 is 2.00 bits per heavy atom. The molecule has 8 heteroatoms. The molecule has 0 spiro atoms. The van der Waals surface area contributed by atoms with Crippen molar-refractivity contribution in [2.45, 2.75) is 12.3 Å².